The highest BCUT2D eigenvalue weighted by atomic mass is 19.4. The molecule has 1 fully saturated rings. The Balaban J connectivity index is 2.59. The predicted molar refractivity (Wildman–Crippen MR) is 71.3 cm³/mol. The van der Waals surface area contributed by atoms with Crippen molar-refractivity contribution in [3.63, 3.8) is 0 Å². The highest BCUT2D eigenvalue weighted by Crippen LogP contribution is 2.21. The van der Waals surface area contributed by atoms with Crippen molar-refractivity contribution in [3.05, 3.63) is 0 Å². The Labute approximate surface area is 114 Å². The number of nitrogens with zero attached hydrogens (tertiary/aromatic N) is 2. The van der Waals surface area contributed by atoms with E-state index in [1.54, 1.807) is 0 Å². The first-order chi connectivity index (χ1) is 8.74. The van der Waals surface area contributed by atoms with Crippen LogP contribution < -0.4 is 5.32 Å². The molecule has 1 rings (SSSR count). The molecule has 114 valence electrons. The number of rotatable bonds is 6. The van der Waals surface area contributed by atoms with Crippen molar-refractivity contribution < 1.29 is 13.2 Å². The standard InChI is InChI=1S/C13H26F3N3/c1-4-7-18(11-13(14,15)16)10-12(2,3)19-8-5-17-6-9-19/h17H,4-11H2,1-3H3. The van der Waals surface area contributed by atoms with Gasteiger partial charge in [-0.2, -0.15) is 13.2 Å². The smallest absolute Gasteiger partial charge is 0.314 e. The van der Waals surface area contributed by atoms with Gasteiger partial charge in [-0.1, -0.05) is 6.92 Å². The summed E-state index contributed by atoms with van der Waals surface area (Å²) in [4.78, 5) is 3.81. The van der Waals surface area contributed by atoms with E-state index in [9.17, 15) is 13.2 Å². The molecule has 3 nitrogen and oxygen atoms in total. The van der Waals surface area contributed by atoms with Gasteiger partial charge in [0.2, 0.25) is 0 Å². The van der Waals surface area contributed by atoms with Crippen LogP contribution in [0, 0.1) is 0 Å². The second kappa shape index (κ2) is 6.90. The van der Waals surface area contributed by atoms with Gasteiger partial charge in [0, 0.05) is 38.3 Å². The molecule has 0 aromatic carbocycles. The third kappa shape index (κ3) is 6.10. The zero-order chi connectivity index (χ0) is 14.5. The minimum Gasteiger partial charge on any atom is -0.314 e. The first-order valence-electron chi connectivity index (χ1n) is 6.99. The Kier molecular flexibility index (Phi) is 6.08. The number of hydrogen-bond acceptors (Lipinski definition) is 3. The van der Waals surface area contributed by atoms with E-state index < -0.39 is 12.7 Å². The van der Waals surface area contributed by atoms with Crippen LogP contribution in [0.3, 0.4) is 0 Å². The van der Waals surface area contributed by atoms with Gasteiger partial charge in [-0.3, -0.25) is 9.80 Å². The molecule has 0 radical (unpaired) electrons. The minimum atomic E-state index is -4.12. The lowest BCUT2D eigenvalue weighted by atomic mass is 10.0. The summed E-state index contributed by atoms with van der Waals surface area (Å²) >= 11 is 0. The van der Waals surface area contributed by atoms with Gasteiger partial charge in [0.15, 0.2) is 0 Å². The molecule has 1 N–H and O–H groups in total. The van der Waals surface area contributed by atoms with Crippen molar-refractivity contribution in [1.29, 1.82) is 0 Å². The third-order valence-electron chi connectivity index (χ3n) is 3.53. The Morgan fingerprint density at radius 3 is 2.16 bits per heavy atom. The number of piperazine rings is 1. The molecule has 1 saturated heterocycles. The Morgan fingerprint density at radius 2 is 1.68 bits per heavy atom. The van der Waals surface area contributed by atoms with E-state index in [0.29, 0.717) is 13.1 Å². The van der Waals surface area contributed by atoms with Gasteiger partial charge in [0.05, 0.1) is 6.54 Å². The van der Waals surface area contributed by atoms with E-state index in [-0.39, 0.29) is 5.54 Å². The fraction of sp³-hybridized carbons (Fsp3) is 1.00. The van der Waals surface area contributed by atoms with Crippen molar-refractivity contribution in [1.82, 2.24) is 15.1 Å². The predicted octanol–water partition coefficient (Wildman–Crippen LogP) is 1.94. The van der Waals surface area contributed by atoms with E-state index >= 15 is 0 Å². The molecule has 0 spiro atoms. The first-order valence-corrected chi connectivity index (χ1v) is 6.99. The van der Waals surface area contributed by atoms with E-state index in [1.807, 2.05) is 20.8 Å². The zero-order valence-electron chi connectivity index (χ0n) is 12.2. The number of alkyl halides is 3. The lowest BCUT2D eigenvalue weighted by Gasteiger charge is -2.44. The van der Waals surface area contributed by atoms with Crippen LogP contribution in [-0.2, 0) is 0 Å². The largest absolute Gasteiger partial charge is 0.401 e. The monoisotopic (exact) mass is 281 g/mol. The molecule has 0 unspecified atom stereocenters. The second-order valence-electron chi connectivity index (χ2n) is 5.88. The maximum absolute atomic E-state index is 12.6. The molecule has 1 heterocycles. The molecular formula is C13H26F3N3. The van der Waals surface area contributed by atoms with Gasteiger partial charge in [0.1, 0.15) is 0 Å². The van der Waals surface area contributed by atoms with Crippen molar-refractivity contribution in [2.45, 2.75) is 38.9 Å². The summed E-state index contributed by atoms with van der Waals surface area (Å²) in [7, 11) is 0. The first kappa shape index (κ1) is 16.7. The van der Waals surface area contributed by atoms with E-state index in [2.05, 4.69) is 10.2 Å². The van der Waals surface area contributed by atoms with Gasteiger partial charge < -0.3 is 5.32 Å². The lowest BCUT2D eigenvalue weighted by Crippen LogP contribution is -2.58. The molecule has 0 atom stereocenters. The van der Waals surface area contributed by atoms with Crippen LogP contribution in [-0.4, -0.2) is 67.3 Å². The zero-order valence-corrected chi connectivity index (χ0v) is 12.2. The Bertz CT molecular complexity index is 260. The molecular weight excluding hydrogens is 255 g/mol. The number of nitrogens with one attached hydrogen (secondary N) is 1. The highest BCUT2D eigenvalue weighted by molar-refractivity contribution is 4.88. The van der Waals surface area contributed by atoms with Gasteiger partial charge in [0.25, 0.3) is 0 Å². The third-order valence-corrected chi connectivity index (χ3v) is 3.53. The maximum Gasteiger partial charge on any atom is 0.401 e. The second-order valence-corrected chi connectivity index (χ2v) is 5.88. The fourth-order valence-electron chi connectivity index (χ4n) is 2.70. The van der Waals surface area contributed by atoms with Crippen LogP contribution in [0.25, 0.3) is 0 Å². The topological polar surface area (TPSA) is 18.5 Å². The van der Waals surface area contributed by atoms with E-state index in [1.165, 1.54) is 4.90 Å². The fourth-order valence-corrected chi connectivity index (χ4v) is 2.70. The minimum absolute atomic E-state index is 0.220. The highest BCUT2D eigenvalue weighted by Gasteiger charge is 2.35. The van der Waals surface area contributed by atoms with Crippen molar-refractivity contribution >= 4 is 0 Å². The SMILES string of the molecule is CCCN(CC(F)(F)F)CC(C)(C)N1CCNCC1. The average Bonchev–Trinajstić information content (AvgIpc) is 2.27. The molecule has 19 heavy (non-hydrogen) atoms. The average molecular weight is 281 g/mol. The summed E-state index contributed by atoms with van der Waals surface area (Å²) in [6.45, 7) is 9.77. The van der Waals surface area contributed by atoms with E-state index in [4.69, 9.17) is 0 Å². The molecule has 1 aliphatic rings. The summed E-state index contributed by atoms with van der Waals surface area (Å²) in [5.41, 5.74) is -0.220. The summed E-state index contributed by atoms with van der Waals surface area (Å²) in [5, 5.41) is 3.27. The van der Waals surface area contributed by atoms with Crippen LogP contribution in [0.5, 0.6) is 0 Å². The Hall–Kier alpha value is -0.330. The lowest BCUT2D eigenvalue weighted by molar-refractivity contribution is -0.149. The molecule has 0 aromatic rings. The molecule has 0 amide bonds. The Morgan fingerprint density at radius 1 is 1.11 bits per heavy atom. The summed E-state index contributed by atoms with van der Waals surface area (Å²) in [6, 6.07) is 0. The van der Waals surface area contributed by atoms with Crippen molar-refractivity contribution in [2.24, 2.45) is 0 Å². The van der Waals surface area contributed by atoms with Crippen molar-refractivity contribution in [2.75, 3.05) is 45.8 Å². The van der Waals surface area contributed by atoms with Gasteiger partial charge in [-0.25, -0.2) is 0 Å². The molecule has 6 heteroatoms. The van der Waals surface area contributed by atoms with Crippen LogP contribution >= 0.6 is 0 Å². The molecule has 0 saturated carbocycles. The van der Waals surface area contributed by atoms with Gasteiger partial charge >= 0.3 is 6.18 Å². The van der Waals surface area contributed by atoms with E-state index in [0.717, 1.165) is 32.6 Å². The van der Waals surface area contributed by atoms with Crippen LogP contribution in [0.1, 0.15) is 27.2 Å². The van der Waals surface area contributed by atoms with Crippen LogP contribution in [0.4, 0.5) is 13.2 Å². The number of halogens is 3. The molecule has 1 aliphatic heterocycles. The summed E-state index contributed by atoms with van der Waals surface area (Å²) in [6.07, 6.45) is -3.37. The number of hydrogen-bond donors (Lipinski definition) is 1. The normalized spacial score (nSPS) is 19.1. The quantitative estimate of drug-likeness (QED) is 0.803. The van der Waals surface area contributed by atoms with Crippen molar-refractivity contribution in [3.8, 4) is 0 Å². The maximum atomic E-state index is 12.6. The molecule has 0 aliphatic carbocycles. The van der Waals surface area contributed by atoms with Crippen LogP contribution in [0.15, 0.2) is 0 Å². The van der Waals surface area contributed by atoms with Gasteiger partial charge in [-0.15, -0.1) is 0 Å². The van der Waals surface area contributed by atoms with Crippen LogP contribution in [0.2, 0.25) is 0 Å². The molecule has 0 bridgehead atoms. The summed E-state index contributed by atoms with van der Waals surface area (Å²) < 4.78 is 37.7. The molecule has 0 aromatic heterocycles. The summed E-state index contributed by atoms with van der Waals surface area (Å²) in [5.74, 6) is 0. The van der Waals surface area contributed by atoms with Gasteiger partial charge in [-0.05, 0) is 26.8 Å².